The molecule has 0 aliphatic heterocycles. The zero-order chi connectivity index (χ0) is 20.1. The Morgan fingerprint density at radius 2 is 1.89 bits per heavy atom. The molecular weight excluding hydrogens is 350 g/mol. The molecule has 0 radical (unpaired) electrons. The molecule has 2 heterocycles. The molecule has 3 rings (SSSR count). The Labute approximate surface area is 166 Å². The van der Waals surface area contributed by atoms with E-state index in [9.17, 15) is 0 Å². The molecule has 0 aliphatic carbocycles. The number of aromatic nitrogens is 3. The zero-order valence-corrected chi connectivity index (χ0v) is 17.0. The fourth-order valence-electron chi connectivity index (χ4n) is 3.28. The number of aryl methyl sites for hydroxylation is 3. The van der Waals surface area contributed by atoms with Gasteiger partial charge >= 0.3 is 0 Å². The van der Waals surface area contributed by atoms with Crippen LogP contribution in [-0.4, -0.2) is 28.0 Å². The third-order valence-corrected chi connectivity index (χ3v) is 4.71. The highest BCUT2D eigenvalue weighted by Crippen LogP contribution is 2.32. The summed E-state index contributed by atoms with van der Waals surface area (Å²) in [4.78, 5) is 8.62. The zero-order valence-electron chi connectivity index (χ0n) is 17.0. The largest absolute Gasteiger partial charge is 0.369 e. The summed E-state index contributed by atoms with van der Waals surface area (Å²) in [5.74, 6) is 2.69. The van der Waals surface area contributed by atoms with Gasteiger partial charge in [-0.3, -0.25) is 9.56 Å². The second kappa shape index (κ2) is 8.69. The summed E-state index contributed by atoms with van der Waals surface area (Å²) in [7, 11) is 0. The molecule has 0 spiro atoms. The molecule has 0 fully saturated rings. The van der Waals surface area contributed by atoms with Crippen molar-refractivity contribution in [3.05, 3.63) is 47.7 Å². The van der Waals surface area contributed by atoms with Crippen LogP contribution in [0.5, 0.6) is 0 Å². The van der Waals surface area contributed by atoms with Crippen LogP contribution in [0.3, 0.4) is 0 Å². The molecule has 28 heavy (non-hydrogen) atoms. The number of nitrogens with one attached hydrogen (secondary N) is 1. The summed E-state index contributed by atoms with van der Waals surface area (Å²) in [5.41, 5.74) is 5.01. The average molecular weight is 377 g/mol. The van der Waals surface area contributed by atoms with Crippen molar-refractivity contribution in [2.75, 3.05) is 11.9 Å². The summed E-state index contributed by atoms with van der Waals surface area (Å²) in [5, 5.41) is 7.58. The Morgan fingerprint density at radius 3 is 2.50 bits per heavy atom. The highest BCUT2D eigenvalue weighted by Gasteiger charge is 2.16. The molecule has 3 aromatic rings. The highest BCUT2D eigenvalue weighted by atomic mass is 16.5. The second-order valence-electron chi connectivity index (χ2n) is 6.76. The summed E-state index contributed by atoms with van der Waals surface area (Å²) in [6.07, 6.45) is 5.78. The van der Waals surface area contributed by atoms with Gasteiger partial charge in [0, 0.05) is 30.1 Å². The quantitative estimate of drug-likeness (QED) is 0.417. The van der Waals surface area contributed by atoms with Crippen LogP contribution in [0.1, 0.15) is 37.0 Å². The first-order valence-corrected chi connectivity index (χ1v) is 9.55. The summed E-state index contributed by atoms with van der Waals surface area (Å²) >= 11 is 0. The van der Waals surface area contributed by atoms with Crippen molar-refractivity contribution < 1.29 is 4.52 Å². The van der Waals surface area contributed by atoms with Crippen molar-refractivity contribution in [2.45, 2.75) is 40.5 Å². The van der Waals surface area contributed by atoms with Gasteiger partial charge < -0.3 is 9.84 Å². The minimum Gasteiger partial charge on any atom is -0.369 e. The number of rotatable bonds is 8. The van der Waals surface area contributed by atoms with Crippen LogP contribution in [-0.2, 0) is 0 Å². The number of aliphatic imine (C=N–C) groups is 1. The van der Waals surface area contributed by atoms with Gasteiger partial charge in [0.25, 0.3) is 0 Å². The van der Waals surface area contributed by atoms with Gasteiger partial charge in [0.2, 0.25) is 0 Å². The van der Waals surface area contributed by atoms with E-state index in [1.54, 1.807) is 6.20 Å². The van der Waals surface area contributed by atoms with Gasteiger partial charge in [-0.25, -0.2) is 4.98 Å². The van der Waals surface area contributed by atoms with E-state index in [4.69, 9.17) is 9.51 Å². The Kier molecular flexibility index (Phi) is 6.09. The van der Waals surface area contributed by atoms with Crippen LogP contribution < -0.4 is 5.32 Å². The molecular formula is C22H27N5O. The molecule has 6 heteroatoms. The Morgan fingerprint density at radius 1 is 1.18 bits per heavy atom. The van der Waals surface area contributed by atoms with Gasteiger partial charge in [-0.1, -0.05) is 42.8 Å². The lowest BCUT2D eigenvalue weighted by Gasteiger charge is -2.10. The fraction of sp³-hybridized carbons (Fsp3) is 0.318. The van der Waals surface area contributed by atoms with E-state index < -0.39 is 0 Å². The van der Waals surface area contributed by atoms with Crippen molar-refractivity contribution >= 4 is 18.7 Å². The van der Waals surface area contributed by atoms with Crippen LogP contribution in [0.2, 0.25) is 0 Å². The van der Waals surface area contributed by atoms with Gasteiger partial charge in [0.1, 0.15) is 23.1 Å². The Hall–Kier alpha value is -3.15. The van der Waals surface area contributed by atoms with E-state index in [1.165, 1.54) is 0 Å². The van der Waals surface area contributed by atoms with E-state index >= 15 is 0 Å². The van der Waals surface area contributed by atoms with Gasteiger partial charge in [-0.05, 0) is 39.5 Å². The van der Waals surface area contributed by atoms with E-state index in [0.29, 0.717) is 0 Å². The van der Waals surface area contributed by atoms with Crippen LogP contribution in [0.25, 0.3) is 28.6 Å². The van der Waals surface area contributed by atoms with Crippen molar-refractivity contribution in [1.29, 1.82) is 0 Å². The number of imidazole rings is 1. The minimum absolute atomic E-state index is 0.828. The predicted molar refractivity (Wildman–Crippen MR) is 116 cm³/mol. The van der Waals surface area contributed by atoms with Crippen molar-refractivity contribution in [3.63, 3.8) is 0 Å². The first-order chi connectivity index (χ1) is 13.6. The first kappa shape index (κ1) is 19.6. The van der Waals surface area contributed by atoms with Crippen LogP contribution in [0.4, 0.5) is 5.82 Å². The molecule has 0 amide bonds. The van der Waals surface area contributed by atoms with Gasteiger partial charge in [0.15, 0.2) is 0 Å². The summed E-state index contributed by atoms with van der Waals surface area (Å²) in [6.45, 7) is 12.5. The van der Waals surface area contributed by atoms with Crippen molar-refractivity contribution in [2.24, 2.45) is 4.99 Å². The lowest BCUT2D eigenvalue weighted by atomic mass is 10.0. The fourth-order valence-corrected chi connectivity index (χ4v) is 3.28. The van der Waals surface area contributed by atoms with Crippen molar-refractivity contribution in [3.8, 4) is 22.4 Å². The third kappa shape index (κ3) is 3.91. The summed E-state index contributed by atoms with van der Waals surface area (Å²) < 4.78 is 7.31. The third-order valence-electron chi connectivity index (χ3n) is 4.71. The van der Waals surface area contributed by atoms with E-state index in [-0.39, 0.29) is 0 Å². The number of hydrogen-bond donors (Lipinski definition) is 1. The lowest BCUT2D eigenvalue weighted by Crippen LogP contribution is -2.06. The second-order valence-corrected chi connectivity index (χ2v) is 6.76. The predicted octanol–water partition coefficient (Wildman–Crippen LogP) is 5.47. The van der Waals surface area contributed by atoms with Gasteiger partial charge in [-0.2, -0.15) is 0 Å². The monoisotopic (exact) mass is 377 g/mol. The number of nitrogens with zero attached hydrogens (tertiary/aromatic N) is 4. The maximum absolute atomic E-state index is 5.30. The maximum Gasteiger partial charge on any atom is 0.141 e. The summed E-state index contributed by atoms with van der Waals surface area (Å²) in [6, 6.07) is 8.36. The molecule has 1 aromatic carbocycles. The number of benzene rings is 1. The van der Waals surface area contributed by atoms with E-state index in [0.717, 1.165) is 64.9 Å². The molecule has 0 saturated heterocycles. The number of hydrogen-bond acceptors (Lipinski definition) is 5. The molecule has 2 aromatic heterocycles. The molecule has 6 nitrogen and oxygen atoms in total. The van der Waals surface area contributed by atoms with E-state index in [1.807, 2.05) is 31.5 Å². The molecule has 0 aliphatic rings. The average Bonchev–Trinajstić information content (AvgIpc) is 3.19. The Bertz CT molecular complexity index is 960. The van der Waals surface area contributed by atoms with Crippen LogP contribution in [0, 0.1) is 20.8 Å². The van der Waals surface area contributed by atoms with Crippen LogP contribution >= 0.6 is 0 Å². The lowest BCUT2D eigenvalue weighted by molar-refractivity contribution is 0.393. The smallest absolute Gasteiger partial charge is 0.141 e. The molecule has 0 unspecified atom stereocenters. The first-order valence-electron chi connectivity index (χ1n) is 9.55. The Balaban J connectivity index is 2.00. The van der Waals surface area contributed by atoms with Crippen LogP contribution in [0.15, 0.2) is 40.0 Å². The molecule has 0 atom stereocenters. The number of unbranched alkanes of at least 4 members (excludes halogenated alkanes) is 1. The van der Waals surface area contributed by atoms with E-state index in [2.05, 4.69) is 53.4 Å². The molecule has 0 bridgehead atoms. The maximum atomic E-state index is 5.30. The highest BCUT2D eigenvalue weighted by molar-refractivity contribution is 5.77. The normalized spacial score (nSPS) is 11.3. The topological polar surface area (TPSA) is 68.2 Å². The number of anilines is 1. The molecule has 1 N–H and O–H groups in total. The minimum atomic E-state index is 0.828. The molecule has 0 saturated carbocycles. The standard InChI is InChI=1S/C22H27N5O/c1-6-7-12-24-22-21(25-17(4)27(22)14-13-23-5)19-10-8-18(9-11-19)20-15(2)26-28-16(20)3/h8-11,13-14,24H,5-7,12H2,1-4H3. The van der Waals surface area contributed by atoms with Gasteiger partial charge in [-0.15, -0.1) is 0 Å². The van der Waals surface area contributed by atoms with Crippen molar-refractivity contribution in [1.82, 2.24) is 14.7 Å². The molecule has 146 valence electrons. The SMILES string of the molecule is C=NC=Cn1c(C)nc(-c2ccc(-c3c(C)noc3C)cc2)c1NCCCC. The van der Waals surface area contributed by atoms with Gasteiger partial charge in [0.05, 0.1) is 5.69 Å².